The number of hydrogen-bond acceptors (Lipinski definition) is 5. The van der Waals surface area contributed by atoms with E-state index >= 15 is 0 Å². The van der Waals surface area contributed by atoms with Gasteiger partial charge in [0.25, 0.3) is 0 Å². The van der Waals surface area contributed by atoms with Crippen molar-refractivity contribution in [2.24, 2.45) is 11.8 Å². The number of amides is 1. The molecular weight excluding hydrogens is 342 g/mol. The topological polar surface area (TPSA) is 72.3 Å². The molecule has 0 aromatic carbocycles. The Bertz CT molecular complexity index is 649. The Labute approximate surface area is 162 Å². The monoisotopic (exact) mass is 375 g/mol. The molecule has 1 N–H and O–H groups in total. The van der Waals surface area contributed by atoms with Gasteiger partial charge in [-0.3, -0.25) is 9.69 Å². The molecule has 7 heteroatoms. The van der Waals surface area contributed by atoms with Gasteiger partial charge in [0, 0.05) is 51.7 Å². The lowest BCUT2D eigenvalue weighted by atomic mass is 9.99. The molecule has 1 fully saturated rings. The van der Waals surface area contributed by atoms with Gasteiger partial charge in [0.2, 0.25) is 5.91 Å². The van der Waals surface area contributed by atoms with Gasteiger partial charge >= 0.3 is 0 Å². The largest absolute Gasteiger partial charge is 0.381 e. The van der Waals surface area contributed by atoms with E-state index < -0.39 is 0 Å². The van der Waals surface area contributed by atoms with Gasteiger partial charge in [0.05, 0.1) is 6.04 Å². The number of aromatic nitrogens is 3. The second-order valence-corrected chi connectivity index (χ2v) is 7.97. The van der Waals surface area contributed by atoms with Crippen LogP contribution in [0.2, 0.25) is 0 Å². The molecule has 2 aliphatic heterocycles. The van der Waals surface area contributed by atoms with Gasteiger partial charge in [-0.1, -0.05) is 26.0 Å². The number of carbonyl (C=O) groups excluding carboxylic acids is 1. The third-order valence-corrected chi connectivity index (χ3v) is 5.37. The lowest BCUT2D eigenvalue weighted by Gasteiger charge is -2.23. The molecule has 1 atom stereocenters. The summed E-state index contributed by atoms with van der Waals surface area (Å²) in [4.78, 5) is 15.0. The van der Waals surface area contributed by atoms with Crippen LogP contribution in [0.5, 0.6) is 0 Å². The normalized spacial score (nSPS) is 20.6. The second kappa shape index (κ2) is 9.46. The van der Waals surface area contributed by atoms with Gasteiger partial charge in [0.15, 0.2) is 5.82 Å². The first-order valence-electron chi connectivity index (χ1n) is 10.2. The zero-order valence-corrected chi connectivity index (χ0v) is 16.9. The molecule has 150 valence electrons. The van der Waals surface area contributed by atoms with E-state index in [0.29, 0.717) is 19.1 Å². The highest BCUT2D eigenvalue weighted by Crippen LogP contribution is 2.19. The Balaban J connectivity index is 1.58. The van der Waals surface area contributed by atoms with Crippen LogP contribution in [0.3, 0.4) is 0 Å². The number of carbonyl (C=O) groups is 1. The van der Waals surface area contributed by atoms with Crippen molar-refractivity contribution in [3.63, 3.8) is 0 Å². The SMILES string of the molecule is CC(C)C=CCN1CCc2nnc(C(C)NC(=O)C3CCOCC3)n2CC1. The number of hydrogen-bond donors (Lipinski definition) is 1. The van der Waals surface area contributed by atoms with Crippen molar-refractivity contribution in [1.82, 2.24) is 25.0 Å². The summed E-state index contributed by atoms with van der Waals surface area (Å²) in [6, 6.07) is -0.131. The van der Waals surface area contributed by atoms with Crippen molar-refractivity contribution in [2.45, 2.75) is 52.6 Å². The van der Waals surface area contributed by atoms with Crippen molar-refractivity contribution in [1.29, 1.82) is 0 Å². The molecule has 1 saturated heterocycles. The summed E-state index contributed by atoms with van der Waals surface area (Å²) in [6.07, 6.45) is 7.01. The van der Waals surface area contributed by atoms with Crippen LogP contribution in [0.1, 0.15) is 51.3 Å². The average molecular weight is 376 g/mol. The number of nitrogens with zero attached hydrogens (tertiary/aromatic N) is 4. The van der Waals surface area contributed by atoms with Crippen molar-refractivity contribution in [3.05, 3.63) is 23.8 Å². The van der Waals surface area contributed by atoms with Gasteiger partial charge in [-0.2, -0.15) is 0 Å². The number of nitrogens with one attached hydrogen (secondary N) is 1. The van der Waals surface area contributed by atoms with Crippen LogP contribution in [0, 0.1) is 11.8 Å². The maximum absolute atomic E-state index is 12.5. The molecule has 0 bridgehead atoms. The summed E-state index contributed by atoms with van der Waals surface area (Å²) in [5.74, 6) is 2.63. The molecule has 0 spiro atoms. The van der Waals surface area contributed by atoms with Crippen molar-refractivity contribution in [3.8, 4) is 0 Å². The highest BCUT2D eigenvalue weighted by Gasteiger charge is 2.26. The molecule has 27 heavy (non-hydrogen) atoms. The van der Waals surface area contributed by atoms with E-state index in [9.17, 15) is 4.79 Å². The molecule has 1 aromatic heterocycles. The minimum absolute atomic E-state index is 0.0518. The fourth-order valence-corrected chi connectivity index (χ4v) is 3.73. The van der Waals surface area contributed by atoms with E-state index in [2.05, 4.69) is 51.0 Å². The molecule has 7 nitrogen and oxygen atoms in total. The maximum atomic E-state index is 12.5. The van der Waals surface area contributed by atoms with Crippen molar-refractivity contribution >= 4 is 5.91 Å². The quantitative estimate of drug-likeness (QED) is 0.770. The number of allylic oxidation sites excluding steroid dienone is 1. The summed E-state index contributed by atoms with van der Waals surface area (Å²) in [5.41, 5.74) is 0. The van der Waals surface area contributed by atoms with Gasteiger partial charge in [-0.25, -0.2) is 0 Å². The van der Waals surface area contributed by atoms with Crippen molar-refractivity contribution in [2.75, 3.05) is 32.8 Å². The van der Waals surface area contributed by atoms with Crippen LogP contribution < -0.4 is 5.32 Å². The third kappa shape index (κ3) is 5.39. The molecule has 0 saturated carbocycles. The zero-order chi connectivity index (χ0) is 19.2. The predicted octanol–water partition coefficient (Wildman–Crippen LogP) is 1.95. The predicted molar refractivity (Wildman–Crippen MR) is 104 cm³/mol. The minimum atomic E-state index is -0.131. The maximum Gasteiger partial charge on any atom is 0.223 e. The Hall–Kier alpha value is -1.73. The number of fused-ring (bicyclic) bond motifs is 1. The molecule has 0 radical (unpaired) electrons. The highest BCUT2D eigenvalue weighted by molar-refractivity contribution is 5.79. The van der Waals surface area contributed by atoms with Gasteiger partial charge in [-0.15, -0.1) is 10.2 Å². The van der Waals surface area contributed by atoms with Crippen LogP contribution in [-0.2, 0) is 22.5 Å². The van der Waals surface area contributed by atoms with Gasteiger partial charge < -0.3 is 14.6 Å². The van der Waals surface area contributed by atoms with E-state index in [1.165, 1.54) is 0 Å². The molecule has 1 unspecified atom stereocenters. The van der Waals surface area contributed by atoms with E-state index in [1.54, 1.807) is 0 Å². The molecule has 1 amide bonds. The first-order valence-corrected chi connectivity index (χ1v) is 10.2. The van der Waals surface area contributed by atoms with Crippen LogP contribution in [0.4, 0.5) is 0 Å². The van der Waals surface area contributed by atoms with Crippen LogP contribution in [0.25, 0.3) is 0 Å². The van der Waals surface area contributed by atoms with E-state index in [1.807, 2.05) is 6.92 Å². The highest BCUT2D eigenvalue weighted by atomic mass is 16.5. The average Bonchev–Trinajstić information content (AvgIpc) is 2.96. The number of ether oxygens (including phenoxy) is 1. The lowest BCUT2D eigenvalue weighted by Crippen LogP contribution is -2.36. The Morgan fingerprint density at radius 1 is 1.22 bits per heavy atom. The van der Waals surface area contributed by atoms with Crippen molar-refractivity contribution < 1.29 is 9.53 Å². The summed E-state index contributed by atoms with van der Waals surface area (Å²) >= 11 is 0. The Morgan fingerprint density at radius 3 is 2.74 bits per heavy atom. The van der Waals surface area contributed by atoms with Crippen LogP contribution in [0.15, 0.2) is 12.2 Å². The van der Waals surface area contributed by atoms with E-state index in [0.717, 1.165) is 57.1 Å². The fourth-order valence-electron chi connectivity index (χ4n) is 3.73. The van der Waals surface area contributed by atoms with E-state index in [4.69, 9.17) is 4.74 Å². The van der Waals surface area contributed by atoms with Crippen LogP contribution >= 0.6 is 0 Å². The van der Waals surface area contributed by atoms with Crippen LogP contribution in [-0.4, -0.2) is 58.4 Å². The first kappa shape index (κ1) is 20.0. The second-order valence-electron chi connectivity index (χ2n) is 7.97. The molecule has 0 aliphatic carbocycles. The summed E-state index contributed by atoms with van der Waals surface area (Å²) in [7, 11) is 0. The first-order chi connectivity index (χ1) is 13.0. The smallest absolute Gasteiger partial charge is 0.223 e. The summed E-state index contributed by atoms with van der Waals surface area (Å²) in [6.45, 7) is 11.5. The minimum Gasteiger partial charge on any atom is -0.381 e. The standard InChI is InChI=1S/C20H33N5O2/c1-15(2)5-4-9-24-10-6-18-22-23-19(25(18)12-11-24)16(3)21-20(26)17-7-13-27-14-8-17/h4-5,15-17H,6-14H2,1-3H3,(H,21,26). The van der Waals surface area contributed by atoms with E-state index in [-0.39, 0.29) is 17.9 Å². The van der Waals surface area contributed by atoms with Gasteiger partial charge in [0.1, 0.15) is 5.82 Å². The lowest BCUT2D eigenvalue weighted by molar-refractivity contribution is -0.128. The van der Waals surface area contributed by atoms with Gasteiger partial charge in [-0.05, 0) is 25.7 Å². The zero-order valence-electron chi connectivity index (χ0n) is 16.9. The number of rotatable bonds is 6. The Kier molecular flexibility index (Phi) is 7.01. The third-order valence-electron chi connectivity index (χ3n) is 5.37. The fraction of sp³-hybridized carbons (Fsp3) is 0.750. The molecule has 3 rings (SSSR count). The molecule has 3 heterocycles. The summed E-state index contributed by atoms with van der Waals surface area (Å²) < 4.78 is 7.55. The molecular formula is C20H33N5O2. The molecule has 2 aliphatic rings. The molecule has 1 aromatic rings. The summed E-state index contributed by atoms with van der Waals surface area (Å²) in [5, 5.41) is 11.9. The Morgan fingerprint density at radius 2 is 2.00 bits per heavy atom.